The lowest BCUT2D eigenvalue weighted by molar-refractivity contribution is -0.0504. The molecular weight excluding hydrogens is 248 g/mol. The Bertz CT molecular complexity index is 446. The molecule has 3 nitrogen and oxygen atoms in total. The molecule has 0 bridgehead atoms. The third kappa shape index (κ3) is 2.76. The van der Waals surface area contributed by atoms with Crippen molar-refractivity contribution in [2.24, 2.45) is 5.92 Å². The standard InChI is InChI=1S/C17H24N2O/c1-2-4-14(5-3-1)11-19-8-9-20-17-13-18(12-16(17)19)10-15-6-7-15/h1-5,15-17H,6-13H2/t16-,17-/m1/s1. The SMILES string of the molecule is c1ccc(CN2CCO[C@@H]3CN(CC4CC4)C[C@H]32)cc1. The van der Waals surface area contributed by atoms with Gasteiger partial charge in [0.25, 0.3) is 0 Å². The first-order valence-electron chi connectivity index (χ1n) is 8.00. The van der Waals surface area contributed by atoms with Crippen LogP contribution in [0.15, 0.2) is 30.3 Å². The van der Waals surface area contributed by atoms with Crippen LogP contribution in [0.5, 0.6) is 0 Å². The van der Waals surface area contributed by atoms with Crippen molar-refractivity contribution >= 4 is 0 Å². The first kappa shape index (κ1) is 12.8. The summed E-state index contributed by atoms with van der Waals surface area (Å²) in [4.78, 5) is 5.27. The van der Waals surface area contributed by atoms with E-state index >= 15 is 0 Å². The molecule has 0 amide bonds. The molecule has 2 aliphatic heterocycles. The summed E-state index contributed by atoms with van der Waals surface area (Å²) in [6.45, 7) is 6.69. The Kier molecular flexibility index (Phi) is 3.51. The first-order valence-corrected chi connectivity index (χ1v) is 8.00. The Morgan fingerprint density at radius 1 is 1.10 bits per heavy atom. The largest absolute Gasteiger partial charge is 0.374 e. The summed E-state index contributed by atoms with van der Waals surface area (Å²) < 4.78 is 6.02. The summed E-state index contributed by atoms with van der Waals surface area (Å²) in [6.07, 6.45) is 3.33. The highest BCUT2D eigenvalue weighted by molar-refractivity contribution is 5.15. The van der Waals surface area contributed by atoms with E-state index in [1.165, 1.54) is 31.5 Å². The van der Waals surface area contributed by atoms with Gasteiger partial charge in [0.15, 0.2) is 0 Å². The van der Waals surface area contributed by atoms with Crippen molar-refractivity contribution in [1.82, 2.24) is 9.80 Å². The topological polar surface area (TPSA) is 15.7 Å². The quantitative estimate of drug-likeness (QED) is 0.833. The van der Waals surface area contributed by atoms with Gasteiger partial charge in [-0.1, -0.05) is 30.3 Å². The molecule has 1 aromatic rings. The molecule has 0 radical (unpaired) electrons. The Hall–Kier alpha value is -0.900. The second-order valence-electron chi connectivity index (χ2n) is 6.59. The Morgan fingerprint density at radius 2 is 1.95 bits per heavy atom. The van der Waals surface area contributed by atoms with Gasteiger partial charge in [-0.2, -0.15) is 0 Å². The molecule has 108 valence electrons. The fraction of sp³-hybridized carbons (Fsp3) is 0.647. The Morgan fingerprint density at radius 3 is 2.75 bits per heavy atom. The van der Waals surface area contributed by atoms with Gasteiger partial charge >= 0.3 is 0 Å². The maximum Gasteiger partial charge on any atom is 0.0870 e. The molecule has 2 heterocycles. The predicted octanol–water partition coefficient (Wildman–Crippen LogP) is 1.98. The molecule has 0 unspecified atom stereocenters. The van der Waals surface area contributed by atoms with Crippen LogP contribution >= 0.6 is 0 Å². The number of hydrogen-bond acceptors (Lipinski definition) is 3. The second-order valence-corrected chi connectivity index (χ2v) is 6.59. The van der Waals surface area contributed by atoms with E-state index in [1.54, 1.807) is 0 Å². The van der Waals surface area contributed by atoms with Crippen molar-refractivity contribution in [2.75, 3.05) is 32.8 Å². The molecule has 0 N–H and O–H groups in total. The van der Waals surface area contributed by atoms with Crippen molar-refractivity contribution in [3.8, 4) is 0 Å². The van der Waals surface area contributed by atoms with E-state index in [-0.39, 0.29) is 0 Å². The van der Waals surface area contributed by atoms with Gasteiger partial charge in [-0.15, -0.1) is 0 Å². The van der Waals surface area contributed by atoms with Crippen LogP contribution in [-0.4, -0.2) is 54.7 Å². The average Bonchev–Trinajstić information content (AvgIpc) is 3.17. The van der Waals surface area contributed by atoms with E-state index in [9.17, 15) is 0 Å². The highest BCUT2D eigenvalue weighted by Gasteiger charge is 2.41. The van der Waals surface area contributed by atoms with Crippen molar-refractivity contribution < 1.29 is 4.74 Å². The Balaban J connectivity index is 1.41. The molecule has 3 heteroatoms. The van der Waals surface area contributed by atoms with E-state index in [4.69, 9.17) is 4.74 Å². The monoisotopic (exact) mass is 272 g/mol. The molecule has 1 aliphatic carbocycles. The van der Waals surface area contributed by atoms with Crippen LogP contribution in [0, 0.1) is 5.92 Å². The van der Waals surface area contributed by atoms with Gasteiger partial charge in [0, 0.05) is 32.7 Å². The molecule has 1 aromatic carbocycles. The lowest BCUT2D eigenvalue weighted by Gasteiger charge is -2.37. The minimum Gasteiger partial charge on any atom is -0.374 e. The predicted molar refractivity (Wildman–Crippen MR) is 79.5 cm³/mol. The third-order valence-corrected chi connectivity index (χ3v) is 4.93. The zero-order chi connectivity index (χ0) is 13.4. The van der Waals surface area contributed by atoms with Crippen LogP contribution in [0.1, 0.15) is 18.4 Å². The molecule has 2 atom stereocenters. The molecule has 0 aromatic heterocycles. The van der Waals surface area contributed by atoms with Gasteiger partial charge in [-0.05, 0) is 24.3 Å². The van der Waals surface area contributed by atoms with Crippen LogP contribution in [0.25, 0.3) is 0 Å². The molecule has 0 spiro atoms. The van der Waals surface area contributed by atoms with Crippen LogP contribution in [-0.2, 0) is 11.3 Å². The lowest BCUT2D eigenvalue weighted by Crippen LogP contribution is -2.50. The number of nitrogens with zero attached hydrogens (tertiary/aromatic N) is 2. The van der Waals surface area contributed by atoms with Crippen LogP contribution in [0.2, 0.25) is 0 Å². The molecule has 3 aliphatic rings. The molecule has 2 saturated heterocycles. The maximum atomic E-state index is 6.02. The summed E-state index contributed by atoms with van der Waals surface area (Å²) in [5, 5.41) is 0. The van der Waals surface area contributed by atoms with Gasteiger partial charge in [0.1, 0.15) is 0 Å². The lowest BCUT2D eigenvalue weighted by atomic mass is 10.1. The third-order valence-electron chi connectivity index (χ3n) is 4.93. The van der Waals surface area contributed by atoms with E-state index in [0.29, 0.717) is 12.1 Å². The van der Waals surface area contributed by atoms with E-state index in [2.05, 4.69) is 40.1 Å². The van der Waals surface area contributed by atoms with Crippen molar-refractivity contribution in [3.63, 3.8) is 0 Å². The molecule has 1 saturated carbocycles. The fourth-order valence-corrected chi connectivity index (χ4v) is 3.66. The first-order chi connectivity index (χ1) is 9.88. The smallest absolute Gasteiger partial charge is 0.0870 e. The van der Waals surface area contributed by atoms with E-state index in [1.807, 2.05) is 0 Å². The summed E-state index contributed by atoms with van der Waals surface area (Å²) >= 11 is 0. The van der Waals surface area contributed by atoms with Gasteiger partial charge < -0.3 is 4.74 Å². The second kappa shape index (κ2) is 5.47. The van der Waals surface area contributed by atoms with Gasteiger partial charge in [-0.25, -0.2) is 0 Å². The van der Waals surface area contributed by atoms with Crippen molar-refractivity contribution in [1.29, 1.82) is 0 Å². The number of morpholine rings is 1. The van der Waals surface area contributed by atoms with Crippen LogP contribution in [0.3, 0.4) is 0 Å². The van der Waals surface area contributed by atoms with E-state index < -0.39 is 0 Å². The summed E-state index contributed by atoms with van der Waals surface area (Å²) in [6, 6.07) is 11.5. The zero-order valence-corrected chi connectivity index (χ0v) is 12.1. The molecule has 3 fully saturated rings. The Labute approximate surface area is 121 Å². The van der Waals surface area contributed by atoms with Gasteiger partial charge in [0.2, 0.25) is 0 Å². The summed E-state index contributed by atoms with van der Waals surface area (Å²) in [5.74, 6) is 0.984. The average molecular weight is 272 g/mol. The summed E-state index contributed by atoms with van der Waals surface area (Å²) in [5.41, 5.74) is 1.42. The van der Waals surface area contributed by atoms with Crippen LogP contribution < -0.4 is 0 Å². The molecule has 4 rings (SSSR count). The number of hydrogen-bond donors (Lipinski definition) is 0. The number of likely N-dealkylation sites (tertiary alicyclic amines) is 1. The normalized spacial score (nSPS) is 31.4. The molecule has 20 heavy (non-hydrogen) atoms. The number of ether oxygens (including phenoxy) is 1. The minimum absolute atomic E-state index is 0.436. The summed E-state index contributed by atoms with van der Waals surface area (Å²) in [7, 11) is 0. The fourth-order valence-electron chi connectivity index (χ4n) is 3.66. The van der Waals surface area contributed by atoms with Crippen molar-refractivity contribution in [3.05, 3.63) is 35.9 Å². The zero-order valence-electron chi connectivity index (χ0n) is 12.1. The highest BCUT2D eigenvalue weighted by atomic mass is 16.5. The molecular formula is C17H24N2O. The van der Waals surface area contributed by atoms with Gasteiger partial charge in [0.05, 0.1) is 18.8 Å². The number of fused-ring (bicyclic) bond motifs is 1. The highest BCUT2D eigenvalue weighted by Crippen LogP contribution is 2.32. The van der Waals surface area contributed by atoms with Crippen molar-refractivity contribution in [2.45, 2.75) is 31.5 Å². The van der Waals surface area contributed by atoms with Crippen LogP contribution in [0.4, 0.5) is 0 Å². The maximum absolute atomic E-state index is 6.02. The number of rotatable bonds is 4. The van der Waals surface area contributed by atoms with E-state index in [0.717, 1.165) is 32.2 Å². The van der Waals surface area contributed by atoms with Gasteiger partial charge in [-0.3, -0.25) is 9.80 Å². The minimum atomic E-state index is 0.436. The number of benzene rings is 1.